The van der Waals surface area contributed by atoms with E-state index in [0.29, 0.717) is 12.8 Å². The summed E-state index contributed by atoms with van der Waals surface area (Å²) in [6.07, 6.45) is 18.5. The van der Waals surface area contributed by atoms with Crippen molar-refractivity contribution < 1.29 is 15.0 Å². The van der Waals surface area contributed by atoms with E-state index in [4.69, 9.17) is 5.11 Å². The van der Waals surface area contributed by atoms with Crippen LogP contribution in [0.2, 0.25) is 0 Å². The van der Waals surface area contributed by atoms with Gasteiger partial charge in [-0.25, -0.2) is 0 Å². The number of carboxylic acids is 1. The maximum atomic E-state index is 10.3. The molecular weight excluding hydrogens is 264 g/mol. The molecule has 0 saturated heterocycles. The zero-order chi connectivity index (χ0) is 15.8. The van der Waals surface area contributed by atoms with Gasteiger partial charge in [0.15, 0.2) is 0 Å². The molecule has 0 aromatic rings. The third kappa shape index (κ3) is 16.9. The first-order valence-corrected chi connectivity index (χ1v) is 8.36. The second kappa shape index (κ2) is 15.3. The molecule has 1 unspecified atom stereocenters. The summed E-state index contributed by atoms with van der Waals surface area (Å²) in [5.41, 5.74) is 0. The summed E-state index contributed by atoms with van der Waals surface area (Å²) in [7, 11) is 0. The minimum atomic E-state index is -0.754. The van der Waals surface area contributed by atoms with Gasteiger partial charge in [0, 0.05) is 6.42 Å². The van der Waals surface area contributed by atoms with Crippen LogP contribution in [-0.4, -0.2) is 22.3 Å². The molecule has 0 rings (SSSR count). The van der Waals surface area contributed by atoms with E-state index < -0.39 is 5.97 Å². The largest absolute Gasteiger partial charge is 0.481 e. The molecule has 0 spiro atoms. The fourth-order valence-electron chi connectivity index (χ4n) is 2.11. The molecular formula is C18H32O3. The van der Waals surface area contributed by atoms with Crippen molar-refractivity contribution in [3.05, 3.63) is 24.3 Å². The molecule has 3 heteroatoms. The Balaban J connectivity index is 3.39. The fourth-order valence-corrected chi connectivity index (χ4v) is 2.11. The molecule has 0 aliphatic rings. The predicted octanol–water partition coefficient (Wildman–Crippen LogP) is 4.86. The van der Waals surface area contributed by atoms with Crippen LogP contribution in [0.5, 0.6) is 0 Å². The summed E-state index contributed by atoms with van der Waals surface area (Å²) in [4.78, 5) is 10.3. The van der Waals surface area contributed by atoms with Crippen LogP contribution in [-0.2, 0) is 4.79 Å². The molecule has 0 aromatic heterocycles. The molecule has 122 valence electrons. The molecule has 0 saturated carbocycles. The number of aliphatic hydroxyl groups is 1. The third-order valence-corrected chi connectivity index (χ3v) is 3.42. The first-order chi connectivity index (χ1) is 10.2. The van der Waals surface area contributed by atoms with E-state index in [0.717, 1.165) is 25.7 Å². The lowest BCUT2D eigenvalue weighted by Gasteiger charge is -2.07. The van der Waals surface area contributed by atoms with Crippen molar-refractivity contribution in [2.75, 3.05) is 0 Å². The van der Waals surface area contributed by atoms with Crippen molar-refractivity contribution in [3.8, 4) is 0 Å². The lowest BCUT2D eigenvalue weighted by Crippen LogP contribution is -2.06. The molecule has 0 heterocycles. The van der Waals surface area contributed by atoms with Crippen LogP contribution in [0.25, 0.3) is 0 Å². The molecule has 0 aliphatic carbocycles. The van der Waals surface area contributed by atoms with Crippen molar-refractivity contribution in [2.45, 2.75) is 83.7 Å². The molecule has 3 nitrogen and oxygen atoms in total. The maximum absolute atomic E-state index is 10.3. The Morgan fingerprint density at radius 1 is 0.952 bits per heavy atom. The summed E-state index contributed by atoms with van der Waals surface area (Å²) in [5, 5.41) is 18.2. The van der Waals surface area contributed by atoms with Gasteiger partial charge in [0.25, 0.3) is 0 Å². The van der Waals surface area contributed by atoms with Gasteiger partial charge in [-0.3, -0.25) is 4.79 Å². The van der Waals surface area contributed by atoms with E-state index in [9.17, 15) is 9.90 Å². The highest BCUT2D eigenvalue weighted by Crippen LogP contribution is 2.09. The van der Waals surface area contributed by atoms with Crippen LogP contribution < -0.4 is 0 Å². The number of hydrogen-bond donors (Lipinski definition) is 2. The van der Waals surface area contributed by atoms with Crippen LogP contribution in [0.3, 0.4) is 0 Å². The summed E-state index contributed by atoms with van der Waals surface area (Å²) in [6, 6.07) is 0. The van der Waals surface area contributed by atoms with Gasteiger partial charge in [-0.1, -0.05) is 50.5 Å². The van der Waals surface area contributed by atoms with Crippen molar-refractivity contribution in [1.29, 1.82) is 0 Å². The lowest BCUT2D eigenvalue weighted by molar-refractivity contribution is -0.137. The number of aliphatic hydroxyl groups excluding tert-OH is 1. The van der Waals surface area contributed by atoms with Crippen LogP contribution >= 0.6 is 0 Å². The Labute approximate surface area is 129 Å². The standard InChI is InChI=1S/C18H32O3/c1-2-3-4-5-6-7-8-9-10-11-14-17(19)15-12-13-16-18(20)21/h6-7,9-10,17,19H,2-5,8,11-16H2,1H3,(H,20,21)/b7-6-,10-9-. The van der Waals surface area contributed by atoms with Gasteiger partial charge >= 0.3 is 5.97 Å². The zero-order valence-electron chi connectivity index (χ0n) is 13.5. The van der Waals surface area contributed by atoms with Crippen molar-refractivity contribution >= 4 is 5.97 Å². The Hall–Kier alpha value is -1.09. The normalized spacial score (nSPS) is 13.2. The molecule has 21 heavy (non-hydrogen) atoms. The number of allylic oxidation sites excluding steroid dienone is 4. The number of unbranched alkanes of at least 4 members (excludes halogenated alkanes) is 4. The third-order valence-electron chi connectivity index (χ3n) is 3.42. The van der Waals surface area contributed by atoms with Crippen molar-refractivity contribution in [2.24, 2.45) is 0 Å². The van der Waals surface area contributed by atoms with Crippen LogP contribution in [0.15, 0.2) is 24.3 Å². The van der Waals surface area contributed by atoms with Crippen LogP contribution in [0.4, 0.5) is 0 Å². The van der Waals surface area contributed by atoms with Gasteiger partial charge in [-0.15, -0.1) is 0 Å². The second-order valence-electron chi connectivity index (χ2n) is 5.54. The van der Waals surface area contributed by atoms with Gasteiger partial charge in [0.05, 0.1) is 6.10 Å². The Kier molecular flexibility index (Phi) is 14.5. The van der Waals surface area contributed by atoms with E-state index in [2.05, 4.69) is 31.2 Å². The number of carboxylic acid groups (broad SMARTS) is 1. The van der Waals surface area contributed by atoms with Crippen LogP contribution in [0.1, 0.15) is 77.6 Å². The van der Waals surface area contributed by atoms with Gasteiger partial charge in [-0.2, -0.15) is 0 Å². The highest BCUT2D eigenvalue weighted by atomic mass is 16.4. The smallest absolute Gasteiger partial charge is 0.303 e. The zero-order valence-corrected chi connectivity index (χ0v) is 13.5. The Morgan fingerprint density at radius 2 is 1.67 bits per heavy atom. The molecule has 0 fully saturated rings. The summed E-state index contributed by atoms with van der Waals surface area (Å²) in [6.45, 7) is 2.22. The fraction of sp³-hybridized carbons (Fsp3) is 0.722. The first kappa shape index (κ1) is 19.9. The number of rotatable bonds is 14. The quantitative estimate of drug-likeness (QED) is 0.355. The molecule has 0 aliphatic heterocycles. The average Bonchev–Trinajstić information content (AvgIpc) is 2.45. The molecule has 1 atom stereocenters. The van der Waals surface area contributed by atoms with Gasteiger partial charge in [0.2, 0.25) is 0 Å². The molecule has 0 aromatic carbocycles. The van der Waals surface area contributed by atoms with Gasteiger partial charge < -0.3 is 10.2 Å². The van der Waals surface area contributed by atoms with E-state index in [1.54, 1.807) is 0 Å². The number of aliphatic carboxylic acids is 1. The van der Waals surface area contributed by atoms with E-state index in [1.807, 2.05) is 0 Å². The van der Waals surface area contributed by atoms with E-state index >= 15 is 0 Å². The predicted molar refractivity (Wildman–Crippen MR) is 88.4 cm³/mol. The minimum absolute atomic E-state index is 0.206. The summed E-state index contributed by atoms with van der Waals surface area (Å²) in [5.74, 6) is -0.754. The SMILES string of the molecule is CCCCC/C=C\C/C=C\CCC(O)CCCCC(=O)O. The van der Waals surface area contributed by atoms with Gasteiger partial charge in [0.1, 0.15) is 0 Å². The van der Waals surface area contributed by atoms with Crippen molar-refractivity contribution in [1.82, 2.24) is 0 Å². The monoisotopic (exact) mass is 296 g/mol. The highest BCUT2D eigenvalue weighted by molar-refractivity contribution is 5.66. The number of carbonyl (C=O) groups is 1. The highest BCUT2D eigenvalue weighted by Gasteiger charge is 2.03. The topological polar surface area (TPSA) is 57.5 Å². The first-order valence-electron chi connectivity index (χ1n) is 8.36. The van der Waals surface area contributed by atoms with Crippen molar-refractivity contribution in [3.63, 3.8) is 0 Å². The molecule has 2 N–H and O–H groups in total. The number of hydrogen-bond acceptors (Lipinski definition) is 2. The molecule has 0 radical (unpaired) electrons. The average molecular weight is 296 g/mol. The van der Waals surface area contributed by atoms with E-state index in [1.165, 1.54) is 25.7 Å². The Morgan fingerprint density at radius 3 is 2.33 bits per heavy atom. The Bertz CT molecular complexity index is 295. The van der Waals surface area contributed by atoms with Gasteiger partial charge in [-0.05, 0) is 44.9 Å². The second-order valence-corrected chi connectivity index (χ2v) is 5.54. The summed E-state index contributed by atoms with van der Waals surface area (Å²) < 4.78 is 0. The van der Waals surface area contributed by atoms with E-state index in [-0.39, 0.29) is 12.5 Å². The summed E-state index contributed by atoms with van der Waals surface area (Å²) >= 11 is 0. The molecule has 0 bridgehead atoms. The maximum Gasteiger partial charge on any atom is 0.303 e. The molecule has 0 amide bonds. The lowest BCUT2D eigenvalue weighted by atomic mass is 10.1. The minimum Gasteiger partial charge on any atom is -0.481 e. The van der Waals surface area contributed by atoms with Crippen LogP contribution in [0, 0.1) is 0 Å².